The first-order chi connectivity index (χ1) is 8.24. The summed E-state index contributed by atoms with van der Waals surface area (Å²) in [7, 11) is 1.83. The summed E-state index contributed by atoms with van der Waals surface area (Å²) in [6.07, 6.45) is 10.7. The van der Waals surface area contributed by atoms with Crippen molar-refractivity contribution in [3.63, 3.8) is 0 Å². The minimum Gasteiger partial charge on any atom is -0.299 e. The lowest BCUT2D eigenvalue weighted by atomic mass is 9.93. The standard InChI is InChI=1S/C13H21N3O/c1-16-10-12(14-15-16)9-13(17)8-11-6-4-2-3-5-7-11/h10-11H,2-9H2,1H3. The summed E-state index contributed by atoms with van der Waals surface area (Å²) in [5.74, 6) is 0.930. The predicted molar refractivity (Wildman–Crippen MR) is 65.5 cm³/mol. The molecule has 0 amide bonds. The molecule has 1 heterocycles. The molecule has 94 valence electrons. The maximum atomic E-state index is 11.9. The van der Waals surface area contributed by atoms with Gasteiger partial charge in [-0.1, -0.05) is 43.7 Å². The van der Waals surface area contributed by atoms with Crippen molar-refractivity contribution in [1.82, 2.24) is 15.0 Å². The maximum absolute atomic E-state index is 11.9. The smallest absolute Gasteiger partial charge is 0.139 e. The molecule has 0 radical (unpaired) electrons. The first-order valence-electron chi connectivity index (χ1n) is 6.61. The van der Waals surface area contributed by atoms with Crippen LogP contribution in [0.5, 0.6) is 0 Å². The van der Waals surface area contributed by atoms with E-state index < -0.39 is 0 Å². The number of carbonyl (C=O) groups is 1. The third kappa shape index (κ3) is 3.95. The summed E-state index contributed by atoms with van der Waals surface area (Å²) in [5, 5.41) is 7.81. The average molecular weight is 235 g/mol. The fourth-order valence-corrected chi connectivity index (χ4v) is 2.64. The van der Waals surface area contributed by atoms with E-state index in [1.54, 1.807) is 4.68 Å². The second-order valence-corrected chi connectivity index (χ2v) is 5.16. The summed E-state index contributed by atoms with van der Waals surface area (Å²) in [4.78, 5) is 11.9. The Hall–Kier alpha value is -1.19. The third-order valence-electron chi connectivity index (χ3n) is 3.52. The molecule has 1 fully saturated rings. The van der Waals surface area contributed by atoms with Crippen molar-refractivity contribution in [3.05, 3.63) is 11.9 Å². The fourth-order valence-electron chi connectivity index (χ4n) is 2.64. The van der Waals surface area contributed by atoms with Crippen molar-refractivity contribution in [1.29, 1.82) is 0 Å². The van der Waals surface area contributed by atoms with Crippen molar-refractivity contribution >= 4 is 5.78 Å². The lowest BCUT2D eigenvalue weighted by Gasteiger charge is -2.11. The zero-order chi connectivity index (χ0) is 12.1. The van der Waals surface area contributed by atoms with Gasteiger partial charge in [0.05, 0.1) is 12.1 Å². The number of ketones is 1. The van der Waals surface area contributed by atoms with Crippen molar-refractivity contribution < 1.29 is 4.79 Å². The Morgan fingerprint density at radius 2 is 2.06 bits per heavy atom. The molecule has 0 N–H and O–H groups in total. The van der Waals surface area contributed by atoms with Gasteiger partial charge in [0, 0.05) is 19.7 Å². The molecule has 0 aliphatic heterocycles. The van der Waals surface area contributed by atoms with Crippen molar-refractivity contribution in [2.45, 2.75) is 51.4 Å². The number of carbonyl (C=O) groups excluding carboxylic acids is 1. The van der Waals surface area contributed by atoms with Gasteiger partial charge in [0.25, 0.3) is 0 Å². The molecule has 4 nitrogen and oxygen atoms in total. The number of hydrogen-bond acceptors (Lipinski definition) is 3. The Labute approximate surface area is 102 Å². The Kier molecular flexibility index (Phi) is 4.29. The molecular formula is C13H21N3O. The van der Waals surface area contributed by atoms with Crippen LogP contribution in [0.1, 0.15) is 50.6 Å². The highest BCUT2D eigenvalue weighted by molar-refractivity contribution is 5.80. The molecule has 0 unspecified atom stereocenters. The molecule has 0 spiro atoms. The molecule has 1 aliphatic rings. The van der Waals surface area contributed by atoms with Crippen LogP contribution in [0.25, 0.3) is 0 Å². The fraction of sp³-hybridized carbons (Fsp3) is 0.769. The van der Waals surface area contributed by atoms with Gasteiger partial charge in [-0.15, -0.1) is 5.10 Å². The Morgan fingerprint density at radius 1 is 1.35 bits per heavy atom. The number of Topliss-reactive ketones (excluding diaryl/α,β-unsaturated/α-hetero) is 1. The number of nitrogens with zero attached hydrogens (tertiary/aromatic N) is 3. The molecule has 1 aromatic rings. The van der Waals surface area contributed by atoms with Crippen molar-refractivity contribution in [2.75, 3.05) is 0 Å². The Balaban J connectivity index is 1.80. The van der Waals surface area contributed by atoms with Gasteiger partial charge in [0.15, 0.2) is 0 Å². The van der Waals surface area contributed by atoms with E-state index in [4.69, 9.17) is 0 Å². The van der Waals surface area contributed by atoms with Gasteiger partial charge in [0.2, 0.25) is 0 Å². The van der Waals surface area contributed by atoms with Crippen LogP contribution in [-0.4, -0.2) is 20.8 Å². The largest absolute Gasteiger partial charge is 0.299 e. The molecule has 0 bridgehead atoms. The summed E-state index contributed by atoms with van der Waals surface area (Å²) in [6.45, 7) is 0. The second-order valence-electron chi connectivity index (χ2n) is 5.16. The summed E-state index contributed by atoms with van der Waals surface area (Å²) in [6, 6.07) is 0. The molecule has 17 heavy (non-hydrogen) atoms. The minimum absolute atomic E-state index is 0.317. The number of aryl methyl sites for hydroxylation is 1. The number of aromatic nitrogens is 3. The van der Waals surface area contributed by atoms with Gasteiger partial charge >= 0.3 is 0 Å². The second kappa shape index (κ2) is 5.94. The van der Waals surface area contributed by atoms with E-state index in [1.165, 1.54) is 38.5 Å². The van der Waals surface area contributed by atoms with Crippen LogP contribution in [0.15, 0.2) is 6.20 Å². The Morgan fingerprint density at radius 3 is 2.65 bits per heavy atom. The van der Waals surface area contributed by atoms with Gasteiger partial charge in [0.1, 0.15) is 5.78 Å². The van der Waals surface area contributed by atoms with Crippen LogP contribution in [0, 0.1) is 5.92 Å². The predicted octanol–water partition coefficient (Wildman–Crippen LogP) is 2.29. The molecule has 1 aromatic heterocycles. The van der Waals surface area contributed by atoms with Gasteiger partial charge in [-0.3, -0.25) is 9.48 Å². The zero-order valence-corrected chi connectivity index (χ0v) is 10.6. The molecule has 0 aromatic carbocycles. The van der Waals surface area contributed by atoms with E-state index in [0.717, 1.165) is 12.1 Å². The van der Waals surface area contributed by atoms with Gasteiger partial charge in [-0.05, 0) is 5.92 Å². The van der Waals surface area contributed by atoms with Gasteiger partial charge in [-0.2, -0.15) is 0 Å². The summed E-state index contributed by atoms with van der Waals surface area (Å²) in [5.41, 5.74) is 0.797. The first kappa shape index (κ1) is 12.3. The lowest BCUT2D eigenvalue weighted by molar-refractivity contribution is -0.119. The average Bonchev–Trinajstić information content (AvgIpc) is 2.53. The van der Waals surface area contributed by atoms with Crippen LogP contribution >= 0.6 is 0 Å². The topological polar surface area (TPSA) is 47.8 Å². The van der Waals surface area contributed by atoms with E-state index >= 15 is 0 Å². The van der Waals surface area contributed by atoms with Crippen LogP contribution in [-0.2, 0) is 18.3 Å². The van der Waals surface area contributed by atoms with Crippen LogP contribution < -0.4 is 0 Å². The van der Waals surface area contributed by atoms with Crippen LogP contribution in [0.2, 0.25) is 0 Å². The van der Waals surface area contributed by atoms with Crippen molar-refractivity contribution in [3.8, 4) is 0 Å². The first-order valence-corrected chi connectivity index (χ1v) is 6.61. The maximum Gasteiger partial charge on any atom is 0.139 e. The molecule has 0 atom stereocenters. The summed E-state index contributed by atoms with van der Waals surface area (Å²) < 4.78 is 1.65. The third-order valence-corrected chi connectivity index (χ3v) is 3.52. The van der Waals surface area contributed by atoms with E-state index in [-0.39, 0.29) is 0 Å². The minimum atomic E-state index is 0.317. The van der Waals surface area contributed by atoms with Crippen LogP contribution in [0.4, 0.5) is 0 Å². The van der Waals surface area contributed by atoms with E-state index in [2.05, 4.69) is 10.3 Å². The zero-order valence-electron chi connectivity index (χ0n) is 10.6. The SMILES string of the molecule is Cn1cc(CC(=O)CC2CCCCCC2)nn1. The van der Waals surface area contributed by atoms with E-state index in [9.17, 15) is 4.79 Å². The Bertz CT molecular complexity index is 364. The quantitative estimate of drug-likeness (QED) is 0.752. The summed E-state index contributed by atoms with van der Waals surface area (Å²) >= 11 is 0. The van der Waals surface area contributed by atoms with Crippen LogP contribution in [0.3, 0.4) is 0 Å². The molecule has 4 heteroatoms. The monoisotopic (exact) mass is 235 g/mol. The molecule has 1 aliphatic carbocycles. The number of hydrogen-bond donors (Lipinski definition) is 0. The van der Waals surface area contributed by atoms with Crippen molar-refractivity contribution in [2.24, 2.45) is 13.0 Å². The highest BCUT2D eigenvalue weighted by Gasteiger charge is 2.16. The van der Waals surface area contributed by atoms with E-state index in [0.29, 0.717) is 18.1 Å². The lowest BCUT2D eigenvalue weighted by Crippen LogP contribution is -2.10. The van der Waals surface area contributed by atoms with E-state index in [1.807, 2.05) is 13.2 Å². The highest BCUT2D eigenvalue weighted by atomic mass is 16.1. The van der Waals surface area contributed by atoms with Gasteiger partial charge in [-0.25, -0.2) is 0 Å². The normalized spacial score (nSPS) is 17.9. The molecule has 0 saturated heterocycles. The molecule has 1 saturated carbocycles. The molecule has 2 rings (SSSR count). The van der Waals surface area contributed by atoms with Gasteiger partial charge < -0.3 is 0 Å². The number of rotatable bonds is 4. The molecular weight excluding hydrogens is 214 g/mol. The highest BCUT2D eigenvalue weighted by Crippen LogP contribution is 2.25.